The van der Waals surface area contributed by atoms with Gasteiger partial charge in [-0.3, -0.25) is 4.79 Å². The van der Waals surface area contributed by atoms with Crippen LogP contribution in [0.1, 0.15) is 47.0 Å². The van der Waals surface area contributed by atoms with Crippen LogP contribution in [-0.2, 0) is 0 Å². The van der Waals surface area contributed by atoms with Crippen molar-refractivity contribution in [3.63, 3.8) is 0 Å². The lowest BCUT2D eigenvalue weighted by molar-refractivity contribution is 0.0648. The van der Waals surface area contributed by atoms with Crippen molar-refractivity contribution in [1.82, 2.24) is 5.01 Å². The normalized spacial score (nSPS) is 21.0. The lowest BCUT2D eigenvalue weighted by Gasteiger charge is -2.29. The summed E-state index contributed by atoms with van der Waals surface area (Å²) in [7, 11) is 3.31. The van der Waals surface area contributed by atoms with Crippen molar-refractivity contribution in [3.8, 4) is 11.5 Å². The topological polar surface area (TPSA) is 64.3 Å². The van der Waals surface area contributed by atoms with Crippen molar-refractivity contribution >= 4 is 17.7 Å². The van der Waals surface area contributed by atoms with Gasteiger partial charge in [0.1, 0.15) is 11.5 Å². The summed E-state index contributed by atoms with van der Waals surface area (Å²) in [5, 5.41) is 6.50. The van der Waals surface area contributed by atoms with Crippen molar-refractivity contribution in [3.05, 3.63) is 89.4 Å². The molecule has 0 N–H and O–H groups in total. The van der Waals surface area contributed by atoms with E-state index in [2.05, 4.69) is 6.08 Å². The van der Waals surface area contributed by atoms with Gasteiger partial charge in [-0.1, -0.05) is 24.3 Å². The van der Waals surface area contributed by atoms with Gasteiger partial charge in [0.05, 0.1) is 32.2 Å². The molecule has 168 valence electrons. The van der Waals surface area contributed by atoms with Crippen molar-refractivity contribution in [1.29, 1.82) is 0 Å². The highest BCUT2D eigenvalue weighted by molar-refractivity contribution is 6.09. The molecule has 33 heavy (non-hydrogen) atoms. The maximum Gasteiger partial charge on any atom is 0.310 e. The highest BCUT2D eigenvalue weighted by atomic mass is 16.5. The Kier molecular flexibility index (Phi) is 5.73. The summed E-state index contributed by atoms with van der Waals surface area (Å²) in [6.07, 6.45) is 6.63. The Hall–Kier alpha value is -3.80. The highest BCUT2D eigenvalue weighted by Gasteiger charge is 2.44. The van der Waals surface area contributed by atoms with Gasteiger partial charge >= 0.3 is 5.91 Å². The molecule has 5 rings (SSSR count). The summed E-state index contributed by atoms with van der Waals surface area (Å²) >= 11 is 0. The molecular weight excluding hydrogens is 416 g/mol. The third-order valence-corrected chi connectivity index (χ3v) is 6.36. The van der Waals surface area contributed by atoms with E-state index >= 15 is 0 Å². The fourth-order valence-electron chi connectivity index (χ4n) is 4.72. The largest absolute Gasteiger partial charge is 0.497 e. The second-order valence-electron chi connectivity index (χ2n) is 8.27. The van der Waals surface area contributed by atoms with Crippen LogP contribution >= 0.6 is 0 Å². The van der Waals surface area contributed by atoms with Crippen LogP contribution < -0.4 is 9.47 Å². The standard InChI is InChI=1S/C27H26N2O4/c1-31-21-12-8-18(9-13-21)17-20-5-3-6-23-25(20)28-29(27(30)24-7-4-16-33-24)26(23)19-10-14-22(32-2)15-11-19/h4,7-17,23,26H,3,5-6H2,1-2H3. The van der Waals surface area contributed by atoms with Gasteiger partial charge in [-0.2, -0.15) is 5.10 Å². The molecule has 1 fully saturated rings. The zero-order valence-electron chi connectivity index (χ0n) is 18.7. The van der Waals surface area contributed by atoms with E-state index < -0.39 is 0 Å². The van der Waals surface area contributed by atoms with E-state index in [4.69, 9.17) is 19.0 Å². The summed E-state index contributed by atoms with van der Waals surface area (Å²) in [5.41, 5.74) is 4.28. The van der Waals surface area contributed by atoms with Crippen molar-refractivity contribution in [2.75, 3.05) is 14.2 Å². The number of hydrazone groups is 1. The fourth-order valence-corrected chi connectivity index (χ4v) is 4.72. The molecule has 1 aliphatic heterocycles. The van der Waals surface area contributed by atoms with Gasteiger partial charge in [0.2, 0.25) is 0 Å². The van der Waals surface area contributed by atoms with Crippen molar-refractivity contribution in [2.24, 2.45) is 11.0 Å². The smallest absolute Gasteiger partial charge is 0.310 e. The Morgan fingerprint density at radius 3 is 2.36 bits per heavy atom. The average molecular weight is 443 g/mol. The van der Waals surface area contributed by atoms with Gasteiger partial charge in [-0.25, -0.2) is 5.01 Å². The molecule has 1 saturated carbocycles. The number of hydrogen-bond donors (Lipinski definition) is 0. The number of ether oxygens (including phenoxy) is 2. The number of fused-ring (bicyclic) bond motifs is 1. The maximum atomic E-state index is 13.4. The molecule has 2 aliphatic rings. The zero-order chi connectivity index (χ0) is 22.8. The van der Waals surface area contributed by atoms with Crippen molar-refractivity contribution in [2.45, 2.75) is 25.3 Å². The number of methoxy groups -OCH3 is 2. The van der Waals surface area contributed by atoms with E-state index in [-0.39, 0.29) is 23.6 Å². The third-order valence-electron chi connectivity index (χ3n) is 6.36. The Bertz CT molecular complexity index is 1180. The maximum absolute atomic E-state index is 13.4. The number of carbonyl (C=O) groups excluding carboxylic acids is 1. The van der Waals surface area contributed by atoms with E-state index in [1.165, 1.54) is 11.8 Å². The summed E-state index contributed by atoms with van der Waals surface area (Å²) in [4.78, 5) is 13.4. The minimum Gasteiger partial charge on any atom is -0.497 e. The van der Waals surface area contributed by atoms with Crippen LogP contribution in [0.5, 0.6) is 11.5 Å². The quantitative estimate of drug-likeness (QED) is 0.506. The number of amides is 1. The summed E-state index contributed by atoms with van der Waals surface area (Å²) in [5.74, 6) is 1.79. The Labute approximate surface area is 193 Å². The number of carbonyl (C=O) groups is 1. The van der Waals surface area contributed by atoms with Crippen LogP contribution in [0.2, 0.25) is 0 Å². The number of hydrogen-bond acceptors (Lipinski definition) is 5. The van der Waals surface area contributed by atoms with E-state index in [1.54, 1.807) is 31.4 Å². The molecule has 2 atom stereocenters. The predicted octanol–water partition coefficient (Wildman–Crippen LogP) is 5.73. The molecule has 2 aromatic carbocycles. The minimum atomic E-state index is -0.230. The second-order valence-corrected chi connectivity index (χ2v) is 8.27. The second kappa shape index (κ2) is 8.98. The van der Waals surface area contributed by atoms with Gasteiger partial charge in [0.25, 0.3) is 0 Å². The molecule has 2 heterocycles. The van der Waals surface area contributed by atoms with Gasteiger partial charge in [0.15, 0.2) is 5.76 Å². The predicted molar refractivity (Wildman–Crippen MR) is 126 cm³/mol. The minimum absolute atomic E-state index is 0.121. The van der Waals surface area contributed by atoms with E-state index in [9.17, 15) is 4.79 Å². The van der Waals surface area contributed by atoms with Crippen LogP contribution in [0.4, 0.5) is 0 Å². The first-order valence-electron chi connectivity index (χ1n) is 11.1. The Balaban J connectivity index is 1.54. The molecule has 0 bridgehead atoms. The highest BCUT2D eigenvalue weighted by Crippen LogP contribution is 2.45. The summed E-state index contributed by atoms with van der Waals surface area (Å²) < 4.78 is 16.0. The molecule has 1 aromatic heterocycles. The number of rotatable bonds is 5. The number of benzene rings is 2. The number of allylic oxidation sites excluding steroid dienone is 1. The summed E-state index contributed by atoms with van der Waals surface area (Å²) in [6, 6.07) is 19.1. The van der Waals surface area contributed by atoms with Gasteiger partial charge in [-0.05, 0) is 78.4 Å². The molecular formula is C27H26N2O4. The van der Waals surface area contributed by atoms with Crippen LogP contribution in [-0.4, -0.2) is 30.8 Å². The fraction of sp³-hybridized carbons (Fsp3) is 0.259. The first-order chi connectivity index (χ1) is 16.2. The van der Waals surface area contributed by atoms with Crippen LogP contribution in [0.15, 0.2) is 82.0 Å². The first-order valence-corrected chi connectivity index (χ1v) is 11.1. The molecule has 6 nitrogen and oxygen atoms in total. The molecule has 6 heteroatoms. The lowest BCUT2D eigenvalue weighted by Crippen LogP contribution is -2.31. The molecule has 3 aromatic rings. The monoisotopic (exact) mass is 442 g/mol. The zero-order valence-corrected chi connectivity index (χ0v) is 18.7. The molecule has 1 amide bonds. The molecule has 2 unspecified atom stereocenters. The van der Waals surface area contributed by atoms with E-state index in [0.29, 0.717) is 0 Å². The SMILES string of the molecule is COc1ccc(C=C2CCCC3C2=NN(C(=O)c2ccco2)C3c2ccc(OC)cc2)cc1. The molecule has 1 aliphatic carbocycles. The molecule has 0 saturated heterocycles. The molecule has 0 spiro atoms. The lowest BCUT2D eigenvalue weighted by atomic mass is 9.77. The Morgan fingerprint density at radius 2 is 1.73 bits per heavy atom. The van der Waals surface area contributed by atoms with Gasteiger partial charge in [0, 0.05) is 5.92 Å². The molecule has 0 radical (unpaired) electrons. The van der Waals surface area contributed by atoms with Crippen LogP contribution in [0, 0.1) is 5.92 Å². The van der Waals surface area contributed by atoms with Gasteiger partial charge < -0.3 is 13.9 Å². The Morgan fingerprint density at radius 1 is 1.03 bits per heavy atom. The number of nitrogens with zero attached hydrogens (tertiary/aromatic N) is 2. The van der Waals surface area contributed by atoms with E-state index in [1.807, 2.05) is 48.5 Å². The average Bonchev–Trinajstić information content (AvgIpc) is 3.53. The van der Waals surface area contributed by atoms with Crippen LogP contribution in [0.25, 0.3) is 6.08 Å². The van der Waals surface area contributed by atoms with Crippen LogP contribution in [0.3, 0.4) is 0 Å². The number of furan rings is 1. The van der Waals surface area contributed by atoms with Gasteiger partial charge in [-0.15, -0.1) is 0 Å². The van der Waals surface area contributed by atoms with E-state index in [0.717, 1.165) is 47.6 Å². The third kappa shape index (κ3) is 4.04. The summed E-state index contributed by atoms with van der Waals surface area (Å²) in [6.45, 7) is 0. The van der Waals surface area contributed by atoms with Crippen molar-refractivity contribution < 1.29 is 18.7 Å². The first kappa shape index (κ1) is 21.1.